The van der Waals surface area contributed by atoms with Gasteiger partial charge in [-0.3, -0.25) is 4.57 Å². The monoisotopic (exact) mass is 195 g/mol. The Morgan fingerprint density at radius 1 is 1.64 bits per heavy atom. The van der Waals surface area contributed by atoms with Crippen LogP contribution in [0.3, 0.4) is 0 Å². The van der Waals surface area contributed by atoms with E-state index in [0.29, 0.717) is 0 Å². The third kappa shape index (κ3) is 1.50. The smallest absolute Gasteiger partial charge is 0.327 e. The first-order valence-electron chi connectivity index (χ1n) is 4.67. The maximum Gasteiger partial charge on any atom is 0.327 e. The van der Waals surface area contributed by atoms with E-state index in [1.165, 1.54) is 10.9 Å². The summed E-state index contributed by atoms with van der Waals surface area (Å²) in [5.74, 6) is 0. The number of rotatable bonds is 2. The summed E-state index contributed by atoms with van der Waals surface area (Å²) in [6.07, 6.45) is 7.34. The van der Waals surface area contributed by atoms with Crippen molar-refractivity contribution in [2.45, 2.75) is 24.8 Å². The van der Waals surface area contributed by atoms with E-state index in [9.17, 15) is 4.79 Å². The van der Waals surface area contributed by atoms with Crippen molar-refractivity contribution in [1.29, 1.82) is 0 Å². The third-order valence-electron chi connectivity index (χ3n) is 2.72. The lowest BCUT2D eigenvalue weighted by Crippen LogP contribution is -2.57. The Morgan fingerprint density at radius 3 is 2.86 bits per heavy atom. The molecule has 0 atom stereocenters. The van der Waals surface area contributed by atoms with Crippen molar-refractivity contribution in [3.8, 4) is 0 Å². The number of aliphatic hydroxyl groups is 1. The molecule has 1 fully saturated rings. The van der Waals surface area contributed by atoms with E-state index in [4.69, 9.17) is 5.11 Å². The number of aliphatic hydroxyl groups excluding tert-OH is 1. The van der Waals surface area contributed by atoms with Crippen LogP contribution in [0.1, 0.15) is 19.3 Å². The van der Waals surface area contributed by atoms with Crippen LogP contribution in [0.15, 0.2) is 18.7 Å². The number of aromatic nitrogens is 2. The Balaban J connectivity index is 2.01. The van der Waals surface area contributed by atoms with Gasteiger partial charge in [-0.15, -0.1) is 0 Å². The van der Waals surface area contributed by atoms with Crippen molar-refractivity contribution >= 4 is 6.03 Å². The van der Waals surface area contributed by atoms with Gasteiger partial charge in [-0.05, 0) is 19.3 Å². The SMILES string of the molecule is O=C(NC1(CO)CCC1)n1ccnc1. The lowest BCUT2D eigenvalue weighted by atomic mass is 9.77. The van der Waals surface area contributed by atoms with E-state index in [2.05, 4.69) is 10.3 Å². The van der Waals surface area contributed by atoms with Crippen molar-refractivity contribution in [1.82, 2.24) is 14.9 Å². The van der Waals surface area contributed by atoms with Gasteiger partial charge in [0.15, 0.2) is 0 Å². The van der Waals surface area contributed by atoms with Crippen molar-refractivity contribution in [3.05, 3.63) is 18.7 Å². The molecule has 2 rings (SSSR count). The Hall–Kier alpha value is -1.36. The molecule has 1 aliphatic carbocycles. The lowest BCUT2D eigenvalue weighted by molar-refractivity contribution is 0.0961. The molecule has 1 aliphatic rings. The van der Waals surface area contributed by atoms with E-state index in [1.54, 1.807) is 12.4 Å². The van der Waals surface area contributed by atoms with E-state index in [0.717, 1.165) is 19.3 Å². The van der Waals surface area contributed by atoms with Crippen molar-refractivity contribution in [2.75, 3.05) is 6.61 Å². The summed E-state index contributed by atoms with van der Waals surface area (Å²) in [5.41, 5.74) is -0.388. The average Bonchev–Trinajstić information content (AvgIpc) is 2.63. The van der Waals surface area contributed by atoms with E-state index < -0.39 is 0 Å². The molecule has 5 nitrogen and oxygen atoms in total. The van der Waals surface area contributed by atoms with Crippen LogP contribution < -0.4 is 5.32 Å². The van der Waals surface area contributed by atoms with Crippen molar-refractivity contribution in [3.63, 3.8) is 0 Å². The molecule has 0 radical (unpaired) electrons. The van der Waals surface area contributed by atoms with Crippen LogP contribution in [-0.4, -0.2) is 32.8 Å². The van der Waals surface area contributed by atoms with Gasteiger partial charge in [0.2, 0.25) is 0 Å². The summed E-state index contributed by atoms with van der Waals surface area (Å²) in [6, 6.07) is -0.226. The number of nitrogens with one attached hydrogen (secondary N) is 1. The molecule has 1 aromatic rings. The molecule has 1 heterocycles. The average molecular weight is 195 g/mol. The van der Waals surface area contributed by atoms with Crippen molar-refractivity contribution in [2.24, 2.45) is 0 Å². The van der Waals surface area contributed by atoms with Gasteiger partial charge >= 0.3 is 6.03 Å². The molecule has 14 heavy (non-hydrogen) atoms. The van der Waals surface area contributed by atoms with Gasteiger partial charge in [0, 0.05) is 12.4 Å². The summed E-state index contributed by atoms with van der Waals surface area (Å²) in [7, 11) is 0. The van der Waals surface area contributed by atoms with Gasteiger partial charge in [0.05, 0.1) is 12.1 Å². The second-order valence-electron chi connectivity index (χ2n) is 3.69. The number of amides is 1. The lowest BCUT2D eigenvalue weighted by Gasteiger charge is -2.40. The van der Waals surface area contributed by atoms with Crippen LogP contribution in [0.2, 0.25) is 0 Å². The quantitative estimate of drug-likeness (QED) is 0.715. The van der Waals surface area contributed by atoms with Crippen LogP contribution in [0, 0.1) is 0 Å². The van der Waals surface area contributed by atoms with Gasteiger partial charge < -0.3 is 10.4 Å². The van der Waals surface area contributed by atoms with Gasteiger partial charge in [-0.2, -0.15) is 0 Å². The fourth-order valence-corrected chi connectivity index (χ4v) is 1.60. The fraction of sp³-hybridized carbons (Fsp3) is 0.556. The standard InChI is InChI=1S/C9H13N3O2/c13-6-9(2-1-3-9)11-8(14)12-5-4-10-7-12/h4-5,7,13H,1-3,6H2,(H,11,14). The zero-order valence-corrected chi connectivity index (χ0v) is 7.81. The first-order valence-corrected chi connectivity index (χ1v) is 4.67. The highest BCUT2D eigenvalue weighted by Crippen LogP contribution is 2.31. The topological polar surface area (TPSA) is 67.2 Å². The van der Waals surface area contributed by atoms with Crippen LogP contribution >= 0.6 is 0 Å². The highest BCUT2D eigenvalue weighted by molar-refractivity contribution is 5.77. The molecule has 0 bridgehead atoms. The first-order chi connectivity index (χ1) is 6.76. The molecule has 0 unspecified atom stereocenters. The molecule has 1 saturated carbocycles. The number of imidazole rings is 1. The van der Waals surface area contributed by atoms with Crippen molar-refractivity contribution < 1.29 is 9.90 Å². The van der Waals surface area contributed by atoms with Gasteiger partial charge in [-0.25, -0.2) is 9.78 Å². The molecule has 0 saturated heterocycles. The van der Waals surface area contributed by atoms with Gasteiger partial charge in [0.1, 0.15) is 6.33 Å². The van der Waals surface area contributed by atoms with Gasteiger partial charge in [-0.1, -0.05) is 0 Å². The van der Waals surface area contributed by atoms with Crippen LogP contribution in [0.4, 0.5) is 4.79 Å². The number of carbonyl (C=O) groups is 1. The number of nitrogens with zero attached hydrogens (tertiary/aromatic N) is 2. The predicted molar refractivity (Wildman–Crippen MR) is 49.8 cm³/mol. The largest absolute Gasteiger partial charge is 0.394 e. The maximum atomic E-state index is 11.6. The highest BCUT2D eigenvalue weighted by atomic mass is 16.3. The molecule has 5 heteroatoms. The minimum Gasteiger partial charge on any atom is -0.394 e. The van der Waals surface area contributed by atoms with Gasteiger partial charge in [0.25, 0.3) is 0 Å². The predicted octanol–water partition coefficient (Wildman–Crippen LogP) is 0.356. The molecule has 0 spiro atoms. The molecular formula is C9H13N3O2. The summed E-state index contributed by atoms with van der Waals surface area (Å²) in [5, 5.41) is 12.0. The zero-order chi connectivity index (χ0) is 10.0. The molecule has 1 amide bonds. The second kappa shape index (κ2) is 3.42. The molecule has 1 aromatic heterocycles. The summed E-state index contributed by atoms with van der Waals surface area (Å²) in [6.45, 7) is 0.00738. The normalized spacial score (nSPS) is 18.6. The van der Waals surface area contributed by atoms with E-state index >= 15 is 0 Å². The van der Waals surface area contributed by atoms with E-state index in [1.807, 2.05) is 0 Å². The number of hydrogen-bond acceptors (Lipinski definition) is 3. The van der Waals surface area contributed by atoms with Crippen LogP contribution in [-0.2, 0) is 0 Å². The van der Waals surface area contributed by atoms with Crippen LogP contribution in [0.5, 0.6) is 0 Å². The number of carbonyl (C=O) groups excluding carboxylic acids is 1. The third-order valence-corrected chi connectivity index (χ3v) is 2.72. The molecule has 76 valence electrons. The summed E-state index contributed by atoms with van der Waals surface area (Å²) >= 11 is 0. The minimum atomic E-state index is -0.388. The maximum absolute atomic E-state index is 11.6. The molecule has 0 aromatic carbocycles. The first kappa shape index (κ1) is 9.21. The minimum absolute atomic E-state index is 0.00738. The highest BCUT2D eigenvalue weighted by Gasteiger charge is 2.37. The number of hydrogen-bond donors (Lipinski definition) is 2. The molecule has 2 N–H and O–H groups in total. The molecular weight excluding hydrogens is 182 g/mol. The Labute approximate surface area is 81.8 Å². The second-order valence-corrected chi connectivity index (χ2v) is 3.69. The van der Waals surface area contributed by atoms with E-state index in [-0.39, 0.29) is 18.2 Å². The van der Waals surface area contributed by atoms with Crippen LogP contribution in [0.25, 0.3) is 0 Å². The summed E-state index contributed by atoms with van der Waals surface area (Å²) < 4.78 is 1.37. The Kier molecular flexibility index (Phi) is 2.25. The zero-order valence-electron chi connectivity index (χ0n) is 7.81. The Bertz CT molecular complexity index is 311. The fourth-order valence-electron chi connectivity index (χ4n) is 1.60. The molecule has 0 aliphatic heterocycles. The Morgan fingerprint density at radius 2 is 2.43 bits per heavy atom. The summed E-state index contributed by atoms with van der Waals surface area (Å²) in [4.78, 5) is 15.4.